The minimum absolute atomic E-state index is 0.0367. The highest BCUT2D eigenvalue weighted by Crippen LogP contribution is 2.36. The molecule has 1 heterocycles. The maximum atomic E-state index is 12.0. The van der Waals surface area contributed by atoms with Crippen LogP contribution in [0, 0.1) is 6.92 Å². The number of ether oxygens (including phenoxy) is 1. The average molecular weight is 360 g/mol. The summed E-state index contributed by atoms with van der Waals surface area (Å²) in [5, 5.41) is 8.92. The summed E-state index contributed by atoms with van der Waals surface area (Å²) < 4.78 is 5.34. The second kappa shape index (κ2) is 7.44. The Bertz CT molecular complexity index is 823. The standard InChI is InChI=1S/C18H18ClN3O3/c1-11-3-2-4-12(5-11)8-21-17(23)9-20-14-7-16-15(6-13(14)19)22-18(24)10-25-16/h2-7,20H,8-10H2,1H3,(H,21,23)(H,22,24). The summed E-state index contributed by atoms with van der Waals surface area (Å²) in [6, 6.07) is 11.2. The number of nitrogens with one attached hydrogen (secondary N) is 3. The molecule has 0 aromatic heterocycles. The SMILES string of the molecule is Cc1cccc(CNC(=O)CNc2cc3c(cc2Cl)NC(=O)CO3)c1. The second-order valence-corrected chi connectivity index (χ2v) is 6.19. The van der Waals surface area contributed by atoms with Crippen LogP contribution in [0.1, 0.15) is 11.1 Å². The summed E-state index contributed by atoms with van der Waals surface area (Å²) in [5.74, 6) is 0.149. The monoisotopic (exact) mass is 359 g/mol. The molecule has 25 heavy (non-hydrogen) atoms. The van der Waals surface area contributed by atoms with Gasteiger partial charge in [-0.3, -0.25) is 9.59 Å². The first kappa shape index (κ1) is 17.1. The van der Waals surface area contributed by atoms with Gasteiger partial charge in [-0.2, -0.15) is 0 Å². The second-order valence-electron chi connectivity index (χ2n) is 5.78. The minimum atomic E-state index is -0.222. The Labute approximate surface area is 150 Å². The highest BCUT2D eigenvalue weighted by molar-refractivity contribution is 6.33. The lowest BCUT2D eigenvalue weighted by Crippen LogP contribution is -2.29. The number of benzene rings is 2. The molecular weight excluding hydrogens is 342 g/mol. The van der Waals surface area contributed by atoms with Gasteiger partial charge in [-0.15, -0.1) is 0 Å². The van der Waals surface area contributed by atoms with Gasteiger partial charge in [0.2, 0.25) is 5.91 Å². The third-order valence-electron chi connectivity index (χ3n) is 3.71. The molecule has 7 heteroatoms. The Hall–Kier alpha value is -2.73. The van der Waals surface area contributed by atoms with Crippen molar-refractivity contribution in [3.8, 4) is 5.75 Å². The summed E-state index contributed by atoms with van der Waals surface area (Å²) in [6.07, 6.45) is 0. The number of carbonyl (C=O) groups excluding carboxylic acids is 2. The normalized spacial score (nSPS) is 12.6. The summed E-state index contributed by atoms with van der Waals surface area (Å²) in [6.45, 7) is 2.52. The first-order valence-electron chi connectivity index (χ1n) is 7.83. The molecular formula is C18H18ClN3O3. The number of fused-ring (bicyclic) bond motifs is 1. The van der Waals surface area contributed by atoms with Crippen molar-refractivity contribution >= 4 is 34.8 Å². The Morgan fingerprint density at radius 1 is 1.32 bits per heavy atom. The van der Waals surface area contributed by atoms with Crippen molar-refractivity contribution < 1.29 is 14.3 Å². The summed E-state index contributed by atoms with van der Waals surface area (Å²) in [4.78, 5) is 23.3. The number of aryl methyl sites for hydroxylation is 1. The number of anilines is 2. The third kappa shape index (κ3) is 4.42. The van der Waals surface area contributed by atoms with Crippen molar-refractivity contribution in [2.24, 2.45) is 0 Å². The van der Waals surface area contributed by atoms with Gasteiger partial charge in [0.05, 0.1) is 22.9 Å². The number of hydrogen-bond donors (Lipinski definition) is 3. The van der Waals surface area contributed by atoms with Crippen molar-refractivity contribution in [2.45, 2.75) is 13.5 Å². The van der Waals surface area contributed by atoms with E-state index in [9.17, 15) is 9.59 Å². The van der Waals surface area contributed by atoms with Crippen LogP contribution in [-0.4, -0.2) is 25.0 Å². The average Bonchev–Trinajstić information content (AvgIpc) is 2.58. The molecule has 0 fully saturated rings. The van der Waals surface area contributed by atoms with Crippen LogP contribution >= 0.6 is 11.6 Å². The predicted octanol–water partition coefficient (Wildman–Crippen LogP) is 2.71. The number of carbonyl (C=O) groups is 2. The lowest BCUT2D eigenvalue weighted by atomic mass is 10.1. The Kier molecular flexibility index (Phi) is 5.09. The molecule has 2 amide bonds. The maximum Gasteiger partial charge on any atom is 0.262 e. The zero-order valence-corrected chi connectivity index (χ0v) is 14.4. The van der Waals surface area contributed by atoms with Gasteiger partial charge in [-0.25, -0.2) is 0 Å². The molecule has 1 aliphatic rings. The smallest absolute Gasteiger partial charge is 0.262 e. The van der Waals surface area contributed by atoms with Gasteiger partial charge < -0.3 is 20.7 Å². The van der Waals surface area contributed by atoms with Crippen LogP contribution in [0.2, 0.25) is 5.02 Å². The predicted molar refractivity (Wildman–Crippen MR) is 97.1 cm³/mol. The van der Waals surface area contributed by atoms with E-state index in [2.05, 4.69) is 16.0 Å². The highest BCUT2D eigenvalue weighted by Gasteiger charge is 2.18. The van der Waals surface area contributed by atoms with E-state index in [0.29, 0.717) is 28.7 Å². The molecule has 0 aliphatic carbocycles. The van der Waals surface area contributed by atoms with E-state index in [1.54, 1.807) is 12.1 Å². The highest BCUT2D eigenvalue weighted by atomic mass is 35.5. The van der Waals surface area contributed by atoms with E-state index in [1.165, 1.54) is 0 Å². The van der Waals surface area contributed by atoms with Crippen molar-refractivity contribution in [1.29, 1.82) is 0 Å². The number of halogens is 1. The molecule has 0 atom stereocenters. The van der Waals surface area contributed by atoms with Crippen LogP contribution in [0.5, 0.6) is 5.75 Å². The summed E-state index contributed by atoms with van der Waals surface area (Å²) in [5.41, 5.74) is 3.29. The number of rotatable bonds is 5. The summed E-state index contributed by atoms with van der Waals surface area (Å²) >= 11 is 6.18. The van der Waals surface area contributed by atoms with E-state index in [4.69, 9.17) is 16.3 Å². The van der Waals surface area contributed by atoms with Crippen LogP contribution in [0.4, 0.5) is 11.4 Å². The Morgan fingerprint density at radius 3 is 2.96 bits per heavy atom. The lowest BCUT2D eigenvalue weighted by Gasteiger charge is -2.20. The molecule has 0 bridgehead atoms. The topological polar surface area (TPSA) is 79.5 Å². The van der Waals surface area contributed by atoms with E-state index >= 15 is 0 Å². The van der Waals surface area contributed by atoms with E-state index in [-0.39, 0.29) is 25.0 Å². The molecule has 0 unspecified atom stereocenters. The number of amides is 2. The van der Waals surface area contributed by atoms with Gasteiger partial charge in [0.25, 0.3) is 5.91 Å². The van der Waals surface area contributed by atoms with Gasteiger partial charge in [0.15, 0.2) is 6.61 Å². The molecule has 0 radical (unpaired) electrons. The van der Waals surface area contributed by atoms with E-state index < -0.39 is 0 Å². The first-order chi connectivity index (χ1) is 12.0. The molecule has 3 N–H and O–H groups in total. The zero-order valence-electron chi connectivity index (χ0n) is 13.7. The maximum absolute atomic E-state index is 12.0. The molecule has 0 saturated carbocycles. The lowest BCUT2D eigenvalue weighted by molar-refractivity contribution is -0.120. The van der Waals surface area contributed by atoms with Gasteiger partial charge >= 0.3 is 0 Å². The molecule has 2 aromatic carbocycles. The van der Waals surface area contributed by atoms with Crippen LogP contribution in [0.25, 0.3) is 0 Å². The molecule has 3 rings (SSSR count). The fourth-order valence-electron chi connectivity index (χ4n) is 2.50. The third-order valence-corrected chi connectivity index (χ3v) is 4.03. The zero-order chi connectivity index (χ0) is 17.8. The van der Waals surface area contributed by atoms with E-state index in [1.807, 2.05) is 31.2 Å². The van der Waals surface area contributed by atoms with Gasteiger partial charge in [0, 0.05) is 12.6 Å². The summed E-state index contributed by atoms with van der Waals surface area (Å²) in [7, 11) is 0. The molecule has 1 aliphatic heterocycles. The van der Waals surface area contributed by atoms with Crippen molar-refractivity contribution in [1.82, 2.24) is 5.32 Å². The van der Waals surface area contributed by atoms with Gasteiger partial charge in [0.1, 0.15) is 5.75 Å². The Balaban J connectivity index is 1.56. The molecule has 2 aromatic rings. The van der Waals surface area contributed by atoms with Crippen molar-refractivity contribution in [3.05, 3.63) is 52.5 Å². The molecule has 130 valence electrons. The molecule has 6 nitrogen and oxygen atoms in total. The van der Waals surface area contributed by atoms with Gasteiger partial charge in [-0.1, -0.05) is 41.4 Å². The molecule has 0 saturated heterocycles. The fourth-order valence-corrected chi connectivity index (χ4v) is 2.73. The quantitative estimate of drug-likeness (QED) is 0.767. The van der Waals surface area contributed by atoms with Crippen LogP contribution < -0.4 is 20.7 Å². The molecule has 0 spiro atoms. The van der Waals surface area contributed by atoms with Crippen LogP contribution in [-0.2, 0) is 16.1 Å². The van der Waals surface area contributed by atoms with Gasteiger partial charge in [-0.05, 0) is 18.6 Å². The fraction of sp³-hybridized carbons (Fsp3) is 0.222. The van der Waals surface area contributed by atoms with E-state index in [0.717, 1.165) is 11.1 Å². The van der Waals surface area contributed by atoms with Crippen LogP contribution in [0.3, 0.4) is 0 Å². The first-order valence-corrected chi connectivity index (χ1v) is 8.21. The Morgan fingerprint density at radius 2 is 2.16 bits per heavy atom. The minimum Gasteiger partial charge on any atom is -0.482 e. The largest absolute Gasteiger partial charge is 0.482 e. The van der Waals surface area contributed by atoms with Crippen LogP contribution in [0.15, 0.2) is 36.4 Å². The number of hydrogen-bond acceptors (Lipinski definition) is 4. The van der Waals surface area contributed by atoms with Crippen molar-refractivity contribution in [3.63, 3.8) is 0 Å². The van der Waals surface area contributed by atoms with Crippen molar-refractivity contribution in [2.75, 3.05) is 23.8 Å².